The maximum Gasteiger partial charge on any atom is 0.338 e. The van der Waals surface area contributed by atoms with Crippen molar-refractivity contribution in [2.24, 2.45) is 0 Å². The Kier molecular flexibility index (Phi) is 5.41. The number of likely N-dealkylation sites (tertiary alicyclic amines) is 1. The van der Waals surface area contributed by atoms with E-state index in [-0.39, 0.29) is 5.97 Å². The molecule has 4 nitrogen and oxygen atoms in total. The summed E-state index contributed by atoms with van der Waals surface area (Å²) in [5.41, 5.74) is 1.70. The van der Waals surface area contributed by atoms with Crippen molar-refractivity contribution in [2.75, 3.05) is 45.2 Å². The molecule has 4 heteroatoms. The van der Waals surface area contributed by atoms with Crippen LogP contribution >= 0.6 is 0 Å². The molecule has 0 N–H and O–H groups in total. The van der Waals surface area contributed by atoms with Crippen molar-refractivity contribution >= 4 is 11.7 Å². The highest BCUT2D eigenvalue weighted by Crippen LogP contribution is 2.13. The van der Waals surface area contributed by atoms with Gasteiger partial charge < -0.3 is 9.64 Å². The van der Waals surface area contributed by atoms with E-state index in [9.17, 15) is 4.79 Å². The van der Waals surface area contributed by atoms with E-state index < -0.39 is 0 Å². The highest BCUT2D eigenvalue weighted by molar-refractivity contribution is 5.89. The predicted octanol–water partition coefficient (Wildman–Crippen LogP) is 2.40. The van der Waals surface area contributed by atoms with Crippen LogP contribution in [0.2, 0.25) is 0 Å². The minimum Gasteiger partial charge on any atom is -0.461 e. The van der Waals surface area contributed by atoms with Crippen LogP contribution in [0, 0.1) is 0 Å². The SMILES string of the molecule is CN(C)c1ccc(C(=O)OCCN2CCCCC2)cc1. The zero-order valence-corrected chi connectivity index (χ0v) is 12.5. The van der Waals surface area contributed by atoms with E-state index in [1.165, 1.54) is 19.3 Å². The van der Waals surface area contributed by atoms with Gasteiger partial charge in [-0.3, -0.25) is 4.90 Å². The molecule has 0 aromatic heterocycles. The second-order valence-electron chi connectivity index (χ2n) is 5.48. The Labute approximate surface area is 121 Å². The third kappa shape index (κ3) is 4.23. The van der Waals surface area contributed by atoms with Crippen molar-refractivity contribution in [2.45, 2.75) is 19.3 Å². The number of hydrogen-bond acceptors (Lipinski definition) is 4. The van der Waals surface area contributed by atoms with Crippen LogP contribution < -0.4 is 4.90 Å². The third-order valence-corrected chi connectivity index (χ3v) is 3.71. The number of nitrogens with zero attached hydrogens (tertiary/aromatic N) is 2. The van der Waals surface area contributed by atoms with Crippen LogP contribution in [0.1, 0.15) is 29.6 Å². The van der Waals surface area contributed by atoms with Crippen molar-refractivity contribution in [1.29, 1.82) is 0 Å². The van der Waals surface area contributed by atoms with Crippen LogP contribution in [-0.4, -0.2) is 51.2 Å². The molecular weight excluding hydrogens is 252 g/mol. The van der Waals surface area contributed by atoms with Gasteiger partial charge in [-0.15, -0.1) is 0 Å². The van der Waals surface area contributed by atoms with Gasteiger partial charge in [0.15, 0.2) is 0 Å². The molecule has 0 aliphatic carbocycles. The maximum absolute atomic E-state index is 11.9. The summed E-state index contributed by atoms with van der Waals surface area (Å²) < 4.78 is 5.34. The lowest BCUT2D eigenvalue weighted by Crippen LogP contribution is -2.33. The highest BCUT2D eigenvalue weighted by Gasteiger charge is 2.11. The number of hydrogen-bond donors (Lipinski definition) is 0. The number of carbonyl (C=O) groups excluding carboxylic acids is 1. The van der Waals surface area contributed by atoms with E-state index in [0.29, 0.717) is 12.2 Å². The Bertz CT molecular complexity index is 423. The van der Waals surface area contributed by atoms with Crippen LogP contribution in [0.5, 0.6) is 0 Å². The molecule has 110 valence electrons. The quantitative estimate of drug-likeness (QED) is 0.773. The highest BCUT2D eigenvalue weighted by atomic mass is 16.5. The fraction of sp³-hybridized carbons (Fsp3) is 0.562. The number of piperidine rings is 1. The molecule has 1 saturated heterocycles. The molecule has 1 aromatic carbocycles. The van der Waals surface area contributed by atoms with Gasteiger partial charge in [-0.25, -0.2) is 4.79 Å². The Morgan fingerprint density at radius 1 is 1.15 bits per heavy atom. The minimum atomic E-state index is -0.229. The Morgan fingerprint density at radius 2 is 1.80 bits per heavy atom. The molecule has 0 saturated carbocycles. The zero-order valence-electron chi connectivity index (χ0n) is 12.5. The average Bonchev–Trinajstić information content (AvgIpc) is 2.48. The normalized spacial score (nSPS) is 15.9. The maximum atomic E-state index is 11.9. The summed E-state index contributed by atoms with van der Waals surface area (Å²) in [5, 5.41) is 0. The first kappa shape index (κ1) is 14.9. The second-order valence-corrected chi connectivity index (χ2v) is 5.48. The van der Waals surface area contributed by atoms with Gasteiger partial charge >= 0.3 is 5.97 Å². The fourth-order valence-electron chi connectivity index (χ4n) is 2.43. The summed E-state index contributed by atoms with van der Waals surface area (Å²) in [7, 11) is 3.96. The first-order valence-electron chi connectivity index (χ1n) is 7.34. The first-order chi connectivity index (χ1) is 9.66. The van der Waals surface area contributed by atoms with Crippen LogP contribution in [0.4, 0.5) is 5.69 Å². The summed E-state index contributed by atoms with van der Waals surface area (Å²) in [6.07, 6.45) is 3.86. The molecule has 1 fully saturated rings. The number of rotatable bonds is 5. The van der Waals surface area contributed by atoms with Crippen LogP contribution in [0.15, 0.2) is 24.3 Å². The Morgan fingerprint density at radius 3 is 2.40 bits per heavy atom. The van der Waals surface area contributed by atoms with Crippen LogP contribution in [0.25, 0.3) is 0 Å². The van der Waals surface area contributed by atoms with Gasteiger partial charge in [-0.2, -0.15) is 0 Å². The van der Waals surface area contributed by atoms with Crippen molar-refractivity contribution in [3.8, 4) is 0 Å². The van der Waals surface area contributed by atoms with Gasteiger partial charge in [0.25, 0.3) is 0 Å². The van der Waals surface area contributed by atoms with E-state index in [4.69, 9.17) is 4.74 Å². The number of esters is 1. The lowest BCUT2D eigenvalue weighted by Gasteiger charge is -2.25. The summed E-state index contributed by atoms with van der Waals surface area (Å²) in [6, 6.07) is 7.50. The van der Waals surface area contributed by atoms with Crippen molar-refractivity contribution in [3.05, 3.63) is 29.8 Å². The molecule has 1 aliphatic rings. The largest absolute Gasteiger partial charge is 0.461 e. The first-order valence-corrected chi connectivity index (χ1v) is 7.34. The molecule has 0 unspecified atom stereocenters. The average molecular weight is 276 g/mol. The van der Waals surface area contributed by atoms with Gasteiger partial charge in [-0.05, 0) is 50.2 Å². The van der Waals surface area contributed by atoms with Gasteiger partial charge in [0, 0.05) is 26.3 Å². The molecule has 1 aromatic rings. The molecule has 1 heterocycles. The predicted molar refractivity (Wildman–Crippen MR) is 81.3 cm³/mol. The summed E-state index contributed by atoms with van der Waals surface area (Å²) in [5.74, 6) is -0.229. The number of benzene rings is 1. The molecule has 20 heavy (non-hydrogen) atoms. The molecule has 2 rings (SSSR count). The molecule has 0 atom stereocenters. The lowest BCUT2D eigenvalue weighted by molar-refractivity contribution is 0.0452. The Balaban J connectivity index is 1.76. The number of ether oxygens (including phenoxy) is 1. The van der Waals surface area contributed by atoms with Crippen LogP contribution in [0.3, 0.4) is 0 Å². The summed E-state index contributed by atoms with van der Waals surface area (Å²) in [4.78, 5) is 16.3. The summed E-state index contributed by atoms with van der Waals surface area (Å²) in [6.45, 7) is 3.60. The van der Waals surface area contributed by atoms with Crippen molar-refractivity contribution in [1.82, 2.24) is 4.90 Å². The second kappa shape index (κ2) is 7.29. The zero-order chi connectivity index (χ0) is 14.4. The monoisotopic (exact) mass is 276 g/mol. The van der Waals surface area contributed by atoms with E-state index in [1.807, 2.05) is 43.3 Å². The molecule has 0 radical (unpaired) electrons. The molecule has 0 bridgehead atoms. The smallest absolute Gasteiger partial charge is 0.338 e. The van der Waals surface area contributed by atoms with Gasteiger partial charge in [0.1, 0.15) is 6.61 Å². The Hall–Kier alpha value is -1.55. The van der Waals surface area contributed by atoms with E-state index in [1.54, 1.807) is 0 Å². The topological polar surface area (TPSA) is 32.8 Å². The van der Waals surface area contributed by atoms with Crippen molar-refractivity contribution in [3.63, 3.8) is 0 Å². The molecular formula is C16H24N2O2. The minimum absolute atomic E-state index is 0.229. The van der Waals surface area contributed by atoms with E-state index >= 15 is 0 Å². The van der Waals surface area contributed by atoms with Gasteiger partial charge in [0.2, 0.25) is 0 Å². The van der Waals surface area contributed by atoms with Gasteiger partial charge in [-0.1, -0.05) is 6.42 Å². The lowest BCUT2D eigenvalue weighted by atomic mass is 10.1. The molecule has 0 spiro atoms. The number of carbonyl (C=O) groups is 1. The van der Waals surface area contributed by atoms with Crippen LogP contribution in [-0.2, 0) is 4.74 Å². The standard InChI is InChI=1S/C16H24N2O2/c1-17(2)15-8-6-14(7-9-15)16(19)20-13-12-18-10-4-3-5-11-18/h6-9H,3-5,10-13H2,1-2H3. The fourth-order valence-corrected chi connectivity index (χ4v) is 2.43. The third-order valence-electron chi connectivity index (χ3n) is 3.71. The number of anilines is 1. The summed E-state index contributed by atoms with van der Waals surface area (Å²) >= 11 is 0. The molecule has 0 amide bonds. The molecule has 1 aliphatic heterocycles. The van der Waals surface area contributed by atoms with E-state index in [0.717, 1.165) is 25.3 Å². The van der Waals surface area contributed by atoms with Crippen molar-refractivity contribution < 1.29 is 9.53 Å². The van der Waals surface area contributed by atoms with Gasteiger partial charge in [0.05, 0.1) is 5.56 Å². The van der Waals surface area contributed by atoms with E-state index in [2.05, 4.69) is 4.90 Å².